The predicted octanol–water partition coefficient (Wildman–Crippen LogP) is 2.81. The van der Waals surface area contributed by atoms with E-state index in [2.05, 4.69) is 5.10 Å². The van der Waals surface area contributed by atoms with E-state index in [0.29, 0.717) is 10.7 Å². The number of carbonyl (C=O) groups excluding carboxylic acids is 3. The van der Waals surface area contributed by atoms with Gasteiger partial charge in [0.15, 0.2) is 5.78 Å². The molecule has 2 aromatic rings. The van der Waals surface area contributed by atoms with Gasteiger partial charge in [-0.15, -0.1) is 0 Å². The molecular formula is C21H16ClN3O3. The van der Waals surface area contributed by atoms with E-state index in [1.165, 1.54) is 11.8 Å². The molecule has 0 aliphatic carbocycles. The minimum Gasteiger partial charge on any atom is -0.298 e. The van der Waals surface area contributed by atoms with Gasteiger partial charge < -0.3 is 0 Å². The number of hydrogen-bond acceptors (Lipinski definition) is 5. The number of Topliss-reactive ketones (excluding diaryl/α,β-unsaturated/α-hetero) is 1. The number of rotatable bonds is 2. The maximum Gasteiger partial charge on any atom is 0.240 e. The van der Waals surface area contributed by atoms with E-state index in [1.54, 1.807) is 35.5 Å². The molecule has 0 spiro atoms. The molecule has 0 N–H and O–H groups in total. The first-order valence-electron chi connectivity index (χ1n) is 9.04. The topological polar surface area (TPSA) is 70.0 Å². The summed E-state index contributed by atoms with van der Waals surface area (Å²) < 4.78 is 0. The number of hydrogen-bond donors (Lipinski definition) is 0. The molecule has 140 valence electrons. The lowest BCUT2D eigenvalue weighted by Crippen LogP contribution is -2.43. The molecule has 0 aromatic heterocycles. The van der Waals surface area contributed by atoms with Gasteiger partial charge >= 0.3 is 0 Å². The minimum atomic E-state index is -0.756. The van der Waals surface area contributed by atoms with Crippen LogP contribution in [-0.2, 0) is 14.4 Å². The molecule has 0 saturated carbocycles. The van der Waals surface area contributed by atoms with Crippen molar-refractivity contribution in [1.29, 1.82) is 0 Å². The number of benzene rings is 2. The minimum absolute atomic E-state index is 0.173. The van der Waals surface area contributed by atoms with Gasteiger partial charge in [-0.05, 0) is 42.3 Å². The zero-order valence-electron chi connectivity index (χ0n) is 14.9. The van der Waals surface area contributed by atoms with Crippen LogP contribution in [0.1, 0.15) is 24.1 Å². The van der Waals surface area contributed by atoms with Gasteiger partial charge in [0.2, 0.25) is 11.8 Å². The Bertz CT molecular complexity index is 1050. The number of hydrazone groups is 1. The summed E-state index contributed by atoms with van der Waals surface area (Å²) in [5, 5.41) is 6.61. The highest BCUT2D eigenvalue weighted by atomic mass is 35.5. The van der Waals surface area contributed by atoms with E-state index in [0.717, 1.165) is 11.1 Å². The summed E-state index contributed by atoms with van der Waals surface area (Å²) in [4.78, 5) is 40.4. The van der Waals surface area contributed by atoms with E-state index in [9.17, 15) is 14.4 Å². The van der Waals surface area contributed by atoms with Gasteiger partial charge in [-0.2, -0.15) is 5.10 Å². The molecule has 1 unspecified atom stereocenters. The highest BCUT2D eigenvalue weighted by Gasteiger charge is 2.64. The Morgan fingerprint density at radius 1 is 1.00 bits per heavy atom. The summed E-state index contributed by atoms with van der Waals surface area (Å²) in [6, 6.07) is 13.0. The number of halogens is 1. The van der Waals surface area contributed by atoms with E-state index in [-0.39, 0.29) is 17.6 Å². The van der Waals surface area contributed by atoms with Gasteiger partial charge in [0, 0.05) is 5.02 Å². The lowest BCUT2D eigenvalue weighted by atomic mass is 9.84. The van der Waals surface area contributed by atoms with Gasteiger partial charge in [0.25, 0.3) is 0 Å². The van der Waals surface area contributed by atoms with Gasteiger partial charge in [0.1, 0.15) is 6.04 Å². The van der Waals surface area contributed by atoms with E-state index >= 15 is 0 Å². The maximum absolute atomic E-state index is 13.4. The van der Waals surface area contributed by atoms with Gasteiger partial charge in [-0.3, -0.25) is 19.4 Å². The molecule has 4 atom stereocenters. The number of fused-ring (bicyclic) bond motifs is 5. The molecule has 7 heteroatoms. The highest BCUT2D eigenvalue weighted by molar-refractivity contribution is 6.31. The summed E-state index contributed by atoms with van der Waals surface area (Å²) >= 11 is 5.94. The standard InChI is InChI=1S/C21H16ClN3O3/c1-11(26)18-16-17(19-15-5-3-2-4-12(15)10-23-25(18)19)21(28)24(20(16)27)14-8-6-13(22)7-9-14/h2-10,16-19H,1H3/t16-,17+,18-,19?/m1/s1. The summed E-state index contributed by atoms with van der Waals surface area (Å²) in [6.07, 6.45) is 1.69. The molecule has 0 bridgehead atoms. The van der Waals surface area contributed by atoms with E-state index < -0.39 is 23.9 Å². The summed E-state index contributed by atoms with van der Waals surface area (Å²) in [6.45, 7) is 1.45. The Kier molecular flexibility index (Phi) is 3.67. The lowest BCUT2D eigenvalue weighted by Gasteiger charge is -2.33. The monoisotopic (exact) mass is 393 g/mol. The Morgan fingerprint density at radius 2 is 1.68 bits per heavy atom. The third-order valence-corrected chi connectivity index (χ3v) is 6.05. The van der Waals surface area contributed by atoms with Crippen LogP contribution < -0.4 is 4.90 Å². The lowest BCUT2D eigenvalue weighted by molar-refractivity contribution is -0.129. The van der Waals surface area contributed by atoms with Crippen molar-refractivity contribution in [2.45, 2.75) is 19.0 Å². The second kappa shape index (κ2) is 6.01. The second-order valence-corrected chi connectivity index (χ2v) is 7.73. The smallest absolute Gasteiger partial charge is 0.240 e. The fourth-order valence-corrected chi connectivity index (χ4v) is 4.80. The molecule has 2 amide bonds. The third-order valence-electron chi connectivity index (χ3n) is 5.79. The molecule has 0 radical (unpaired) electrons. The van der Waals surface area contributed by atoms with Crippen LogP contribution in [0.5, 0.6) is 0 Å². The quantitative estimate of drug-likeness (QED) is 0.736. The Morgan fingerprint density at radius 3 is 2.39 bits per heavy atom. The maximum atomic E-state index is 13.4. The Hall–Kier alpha value is -2.99. The van der Waals surface area contributed by atoms with Crippen LogP contribution in [0, 0.1) is 11.8 Å². The fourth-order valence-electron chi connectivity index (χ4n) is 4.67. The molecule has 5 rings (SSSR count). The molecule has 3 aliphatic rings. The largest absolute Gasteiger partial charge is 0.298 e. The van der Waals surface area contributed by atoms with Crippen molar-refractivity contribution >= 4 is 41.1 Å². The van der Waals surface area contributed by atoms with E-state index in [4.69, 9.17) is 11.6 Å². The van der Waals surface area contributed by atoms with Gasteiger partial charge in [-0.25, -0.2) is 4.90 Å². The van der Waals surface area contributed by atoms with Crippen molar-refractivity contribution in [3.05, 3.63) is 64.7 Å². The number of imide groups is 1. The predicted molar refractivity (Wildman–Crippen MR) is 104 cm³/mol. The van der Waals surface area contributed by atoms with Crippen LogP contribution in [-0.4, -0.2) is 34.9 Å². The molecule has 2 fully saturated rings. The Labute approximate surface area is 166 Å². The molecular weight excluding hydrogens is 378 g/mol. The average Bonchev–Trinajstić information content (AvgIpc) is 3.16. The highest BCUT2D eigenvalue weighted by Crippen LogP contribution is 2.52. The number of nitrogens with zero attached hydrogens (tertiary/aromatic N) is 3. The van der Waals surface area contributed by atoms with Crippen LogP contribution in [0.2, 0.25) is 5.02 Å². The first-order valence-corrected chi connectivity index (χ1v) is 9.42. The van der Waals surface area contributed by atoms with Crippen molar-refractivity contribution in [2.75, 3.05) is 4.90 Å². The van der Waals surface area contributed by atoms with Crippen molar-refractivity contribution in [3.8, 4) is 0 Å². The molecule has 3 heterocycles. The first-order chi connectivity index (χ1) is 13.5. The number of amides is 2. The van der Waals surface area contributed by atoms with Crippen molar-refractivity contribution < 1.29 is 14.4 Å². The zero-order chi connectivity index (χ0) is 19.6. The molecule has 2 saturated heterocycles. The van der Waals surface area contributed by atoms with Crippen molar-refractivity contribution in [1.82, 2.24) is 5.01 Å². The second-order valence-electron chi connectivity index (χ2n) is 7.29. The van der Waals surface area contributed by atoms with Crippen molar-refractivity contribution in [3.63, 3.8) is 0 Å². The van der Waals surface area contributed by atoms with Crippen LogP contribution >= 0.6 is 11.6 Å². The molecule has 28 heavy (non-hydrogen) atoms. The summed E-state index contributed by atoms with van der Waals surface area (Å²) in [5.74, 6) is -2.25. The number of ketones is 1. The van der Waals surface area contributed by atoms with Crippen LogP contribution in [0.25, 0.3) is 0 Å². The molecule has 2 aromatic carbocycles. The summed E-state index contributed by atoms with van der Waals surface area (Å²) in [7, 11) is 0. The summed E-state index contributed by atoms with van der Waals surface area (Å²) in [5.41, 5.74) is 2.28. The van der Waals surface area contributed by atoms with Gasteiger partial charge in [-0.1, -0.05) is 35.9 Å². The normalized spacial score (nSPS) is 27.6. The third kappa shape index (κ3) is 2.21. The average molecular weight is 394 g/mol. The van der Waals surface area contributed by atoms with Crippen LogP contribution in [0.15, 0.2) is 53.6 Å². The zero-order valence-corrected chi connectivity index (χ0v) is 15.7. The first kappa shape index (κ1) is 17.1. The number of carbonyl (C=O) groups is 3. The SMILES string of the molecule is CC(=O)[C@@H]1[C@@H]2C(=O)N(c3ccc(Cl)cc3)C(=O)[C@@H]2C2c3ccccc3C=NN21. The Balaban J connectivity index is 1.65. The molecule has 3 aliphatic heterocycles. The van der Waals surface area contributed by atoms with Crippen LogP contribution in [0.4, 0.5) is 5.69 Å². The number of anilines is 1. The van der Waals surface area contributed by atoms with Crippen molar-refractivity contribution in [2.24, 2.45) is 16.9 Å². The van der Waals surface area contributed by atoms with Crippen LogP contribution in [0.3, 0.4) is 0 Å². The fraction of sp³-hybridized carbons (Fsp3) is 0.238. The van der Waals surface area contributed by atoms with Gasteiger partial charge in [0.05, 0.1) is 29.8 Å². The van der Waals surface area contributed by atoms with E-state index in [1.807, 2.05) is 24.3 Å². The molecule has 6 nitrogen and oxygen atoms in total.